The molecular weight excluding hydrogens is 294 g/mol. The Morgan fingerprint density at radius 1 is 1.19 bits per heavy atom. The predicted molar refractivity (Wildman–Crippen MR) is 82.2 cm³/mol. The summed E-state index contributed by atoms with van der Waals surface area (Å²) < 4.78 is 9.94. The highest BCUT2D eigenvalue weighted by molar-refractivity contribution is 8.13. The SMILES string of the molecule is CCOC(=O)CC[C@H](NC(=O)OC(C)(C)C)C(=O)SCC. The molecule has 1 amide bonds. The number of thioether (sulfide) groups is 1. The van der Waals surface area contributed by atoms with Crippen molar-refractivity contribution in [1.29, 1.82) is 0 Å². The first-order valence-electron chi connectivity index (χ1n) is 7.01. The van der Waals surface area contributed by atoms with Gasteiger partial charge in [-0.3, -0.25) is 9.59 Å². The first kappa shape index (κ1) is 19.8. The molecule has 0 aliphatic heterocycles. The van der Waals surface area contributed by atoms with Crippen molar-refractivity contribution >= 4 is 28.9 Å². The van der Waals surface area contributed by atoms with Crippen molar-refractivity contribution < 1.29 is 23.9 Å². The maximum Gasteiger partial charge on any atom is 0.408 e. The zero-order valence-corrected chi connectivity index (χ0v) is 14.2. The van der Waals surface area contributed by atoms with E-state index in [-0.39, 0.29) is 23.9 Å². The van der Waals surface area contributed by atoms with Crippen LogP contribution in [0, 0.1) is 0 Å². The summed E-state index contributed by atoms with van der Waals surface area (Å²) in [4.78, 5) is 35.1. The number of alkyl carbamates (subject to hydrolysis) is 1. The average Bonchev–Trinajstić information content (AvgIpc) is 2.32. The second kappa shape index (κ2) is 9.65. The fraction of sp³-hybridized carbons (Fsp3) is 0.786. The zero-order chi connectivity index (χ0) is 16.5. The minimum absolute atomic E-state index is 0.0737. The molecule has 0 rings (SSSR count). The molecule has 0 unspecified atom stereocenters. The minimum atomic E-state index is -0.755. The van der Waals surface area contributed by atoms with Crippen LogP contribution in [-0.2, 0) is 19.1 Å². The van der Waals surface area contributed by atoms with Gasteiger partial charge in [-0.15, -0.1) is 0 Å². The molecule has 0 saturated carbocycles. The summed E-state index contributed by atoms with van der Waals surface area (Å²) in [7, 11) is 0. The number of rotatable bonds is 7. The molecular formula is C14H25NO5S. The van der Waals surface area contributed by atoms with Gasteiger partial charge in [0.1, 0.15) is 11.6 Å². The second-order valence-electron chi connectivity index (χ2n) is 5.29. The van der Waals surface area contributed by atoms with Crippen LogP contribution in [0.1, 0.15) is 47.5 Å². The Morgan fingerprint density at radius 2 is 1.81 bits per heavy atom. The predicted octanol–water partition coefficient (Wildman–Crippen LogP) is 2.50. The summed E-state index contributed by atoms with van der Waals surface area (Å²) in [5, 5.41) is 2.33. The van der Waals surface area contributed by atoms with Crippen LogP contribution in [0.5, 0.6) is 0 Å². The van der Waals surface area contributed by atoms with Gasteiger partial charge in [-0.2, -0.15) is 0 Å². The Hall–Kier alpha value is -1.24. The average molecular weight is 319 g/mol. The number of hydrogen-bond acceptors (Lipinski definition) is 6. The van der Waals surface area contributed by atoms with Crippen LogP contribution in [0.25, 0.3) is 0 Å². The normalized spacial score (nSPS) is 12.4. The van der Waals surface area contributed by atoms with Crippen LogP contribution in [0.4, 0.5) is 4.79 Å². The summed E-state index contributed by atoms with van der Waals surface area (Å²) in [5.74, 6) is 0.216. The molecule has 0 saturated heterocycles. The number of ether oxygens (including phenoxy) is 2. The molecule has 0 spiro atoms. The highest BCUT2D eigenvalue weighted by Gasteiger charge is 2.25. The van der Waals surface area contributed by atoms with E-state index < -0.39 is 17.7 Å². The number of esters is 1. The van der Waals surface area contributed by atoms with Gasteiger partial charge >= 0.3 is 12.1 Å². The van der Waals surface area contributed by atoms with E-state index >= 15 is 0 Å². The Kier molecular flexibility index (Phi) is 9.08. The number of hydrogen-bond donors (Lipinski definition) is 1. The summed E-state index contributed by atoms with van der Waals surface area (Å²) in [5.41, 5.74) is -0.642. The molecule has 6 nitrogen and oxygen atoms in total. The molecule has 1 N–H and O–H groups in total. The van der Waals surface area contributed by atoms with Crippen molar-refractivity contribution in [2.75, 3.05) is 12.4 Å². The molecule has 7 heteroatoms. The summed E-state index contributed by atoms with van der Waals surface area (Å²) in [6.45, 7) is 9.07. The van der Waals surface area contributed by atoms with Crippen molar-refractivity contribution in [2.45, 2.75) is 59.1 Å². The van der Waals surface area contributed by atoms with E-state index in [0.717, 1.165) is 11.8 Å². The van der Waals surface area contributed by atoms with Crippen molar-refractivity contribution in [1.82, 2.24) is 5.32 Å². The Morgan fingerprint density at radius 3 is 2.29 bits per heavy atom. The molecule has 0 bridgehead atoms. The van der Waals surface area contributed by atoms with Crippen LogP contribution in [0.2, 0.25) is 0 Å². The van der Waals surface area contributed by atoms with E-state index in [1.54, 1.807) is 27.7 Å². The van der Waals surface area contributed by atoms with E-state index in [2.05, 4.69) is 5.32 Å². The molecule has 0 aromatic rings. The maximum atomic E-state index is 12.0. The number of carbonyl (C=O) groups is 3. The van der Waals surface area contributed by atoms with Gasteiger partial charge in [0.15, 0.2) is 0 Å². The van der Waals surface area contributed by atoms with Gasteiger partial charge < -0.3 is 14.8 Å². The Labute approximate surface area is 130 Å². The van der Waals surface area contributed by atoms with E-state index in [4.69, 9.17) is 9.47 Å². The fourth-order valence-corrected chi connectivity index (χ4v) is 2.10. The van der Waals surface area contributed by atoms with Crippen molar-refractivity contribution in [3.05, 3.63) is 0 Å². The van der Waals surface area contributed by atoms with Crippen LogP contribution in [0.3, 0.4) is 0 Å². The minimum Gasteiger partial charge on any atom is -0.466 e. The van der Waals surface area contributed by atoms with Crippen LogP contribution in [0.15, 0.2) is 0 Å². The quantitative estimate of drug-likeness (QED) is 0.726. The highest BCUT2D eigenvalue weighted by Crippen LogP contribution is 2.12. The van der Waals surface area contributed by atoms with Gasteiger partial charge in [0.25, 0.3) is 0 Å². The molecule has 0 radical (unpaired) electrons. The topological polar surface area (TPSA) is 81.7 Å². The molecule has 0 fully saturated rings. The Balaban J connectivity index is 4.56. The van der Waals surface area contributed by atoms with E-state index in [0.29, 0.717) is 12.4 Å². The Bertz CT molecular complexity index is 365. The monoisotopic (exact) mass is 319 g/mol. The molecule has 21 heavy (non-hydrogen) atoms. The first-order chi connectivity index (χ1) is 9.69. The number of carbonyl (C=O) groups excluding carboxylic acids is 3. The van der Waals surface area contributed by atoms with Gasteiger partial charge in [-0.1, -0.05) is 18.7 Å². The number of amides is 1. The van der Waals surface area contributed by atoms with Crippen molar-refractivity contribution in [3.8, 4) is 0 Å². The third-order valence-electron chi connectivity index (χ3n) is 2.20. The summed E-state index contributed by atoms with van der Waals surface area (Å²) >= 11 is 1.10. The van der Waals surface area contributed by atoms with Gasteiger partial charge in [-0.05, 0) is 39.9 Å². The van der Waals surface area contributed by atoms with Gasteiger partial charge in [-0.25, -0.2) is 4.79 Å². The first-order valence-corrected chi connectivity index (χ1v) is 8.00. The molecule has 0 heterocycles. The van der Waals surface area contributed by atoms with Crippen LogP contribution < -0.4 is 5.32 Å². The molecule has 122 valence electrons. The molecule has 0 aliphatic carbocycles. The van der Waals surface area contributed by atoms with Crippen molar-refractivity contribution in [3.63, 3.8) is 0 Å². The zero-order valence-electron chi connectivity index (χ0n) is 13.4. The lowest BCUT2D eigenvalue weighted by atomic mass is 10.2. The summed E-state index contributed by atoms with van der Waals surface area (Å²) in [6, 6.07) is -0.755. The highest BCUT2D eigenvalue weighted by atomic mass is 32.2. The lowest BCUT2D eigenvalue weighted by Crippen LogP contribution is -2.43. The third kappa shape index (κ3) is 10.2. The second-order valence-corrected chi connectivity index (χ2v) is 6.56. The third-order valence-corrected chi connectivity index (χ3v) is 3.06. The lowest BCUT2D eigenvalue weighted by Gasteiger charge is -2.22. The smallest absolute Gasteiger partial charge is 0.408 e. The lowest BCUT2D eigenvalue weighted by molar-refractivity contribution is -0.143. The molecule has 1 atom stereocenters. The van der Waals surface area contributed by atoms with E-state index in [9.17, 15) is 14.4 Å². The summed E-state index contributed by atoms with van der Waals surface area (Å²) in [6.07, 6.45) is -0.393. The largest absolute Gasteiger partial charge is 0.466 e. The van der Waals surface area contributed by atoms with Gasteiger partial charge in [0.05, 0.1) is 6.61 Å². The maximum absolute atomic E-state index is 12.0. The molecule has 0 aliphatic rings. The number of nitrogens with one attached hydrogen (secondary N) is 1. The fourth-order valence-electron chi connectivity index (χ4n) is 1.44. The standard InChI is InChI=1S/C14H25NO5S/c1-6-19-11(16)9-8-10(12(17)21-7-2)15-13(18)20-14(3,4)5/h10H,6-9H2,1-5H3,(H,15,18)/t10-/m0/s1. The van der Waals surface area contributed by atoms with Crippen molar-refractivity contribution in [2.24, 2.45) is 0 Å². The molecule has 0 aromatic carbocycles. The van der Waals surface area contributed by atoms with Crippen LogP contribution >= 0.6 is 11.8 Å². The van der Waals surface area contributed by atoms with E-state index in [1.165, 1.54) is 0 Å². The van der Waals surface area contributed by atoms with Crippen LogP contribution in [-0.4, -0.2) is 41.2 Å². The molecule has 0 aromatic heterocycles. The van der Waals surface area contributed by atoms with Gasteiger partial charge in [0.2, 0.25) is 5.12 Å². The van der Waals surface area contributed by atoms with Gasteiger partial charge in [0, 0.05) is 6.42 Å². The van der Waals surface area contributed by atoms with E-state index in [1.807, 2.05) is 6.92 Å².